The van der Waals surface area contributed by atoms with Crippen molar-refractivity contribution in [3.63, 3.8) is 0 Å². The Bertz CT molecular complexity index is 1310. The van der Waals surface area contributed by atoms with Crippen LogP contribution in [0.5, 0.6) is 0 Å². The lowest BCUT2D eigenvalue weighted by Crippen LogP contribution is -2.39. The number of aryl methyl sites for hydroxylation is 3. The van der Waals surface area contributed by atoms with Crippen molar-refractivity contribution in [3.8, 4) is 0 Å². The van der Waals surface area contributed by atoms with Crippen molar-refractivity contribution in [2.75, 3.05) is 0 Å². The summed E-state index contributed by atoms with van der Waals surface area (Å²) in [6.07, 6.45) is 1.81. The smallest absolute Gasteiger partial charge is 0.314 e. The average Bonchev–Trinajstić information content (AvgIpc) is 3.13. The second kappa shape index (κ2) is 6.09. The van der Waals surface area contributed by atoms with Gasteiger partial charge >= 0.3 is 5.69 Å². The molecule has 4 aromatic rings. The molecule has 0 saturated carbocycles. The Labute approximate surface area is 157 Å². The zero-order valence-electron chi connectivity index (χ0n) is 15.0. The quantitative estimate of drug-likeness (QED) is 0.540. The van der Waals surface area contributed by atoms with Crippen molar-refractivity contribution in [1.82, 2.24) is 23.1 Å². The highest BCUT2D eigenvalue weighted by molar-refractivity contribution is 6.31. The first-order valence-electron chi connectivity index (χ1n) is 8.45. The summed E-state index contributed by atoms with van der Waals surface area (Å²) in [7, 11) is 1.54. The Kier molecular flexibility index (Phi) is 3.96. The van der Waals surface area contributed by atoms with Crippen LogP contribution < -0.4 is 11.2 Å². The SMILES string of the molecule is CCn1c(C)cn2c3c(=O)n(Cc4c(F)cccc4Cl)c(=O)n(C)c3nc12. The van der Waals surface area contributed by atoms with E-state index in [-0.39, 0.29) is 28.3 Å². The first kappa shape index (κ1) is 17.5. The molecule has 0 saturated heterocycles. The third-order valence-electron chi connectivity index (χ3n) is 4.83. The third kappa shape index (κ3) is 2.43. The molecule has 0 aliphatic heterocycles. The van der Waals surface area contributed by atoms with E-state index >= 15 is 0 Å². The van der Waals surface area contributed by atoms with Gasteiger partial charge in [0.2, 0.25) is 5.78 Å². The van der Waals surface area contributed by atoms with Crippen LogP contribution in [0.2, 0.25) is 5.02 Å². The maximum atomic E-state index is 14.2. The van der Waals surface area contributed by atoms with E-state index in [0.717, 1.165) is 10.3 Å². The van der Waals surface area contributed by atoms with E-state index in [1.807, 2.05) is 18.4 Å². The standard InChI is InChI=1S/C18H17ClFN5O2/c1-4-23-10(2)8-24-14-15(21-17(23)24)22(3)18(27)25(16(14)26)9-11-12(19)6-5-7-13(11)20/h5-8H,4,9H2,1-3H3. The number of rotatable bonds is 3. The Morgan fingerprint density at radius 3 is 2.63 bits per heavy atom. The van der Waals surface area contributed by atoms with Gasteiger partial charge in [0.15, 0.2) is 11.2 Å². The van der Waals surface area contributed by atoms with Gasteiger partial charge in [-0.05, 0) is 26.0 Å². The number of fused-ring (bicyclic) bond motifs is 3. The van der Waals surface area contributed by atoms with E-state index in [9.17, 15) is 14.0 Å². The molecule has 9 heteroatoms. The molecule has 3 aromatic heterocycles. The average molecular weight is 390 g/mol. The topological polar surface area (TPSA) is 66.2 Å². The summed E-state index contributed by atoms with van der Waals surface area (Å²) in [6.45, 7) is 4.32. The molecule has 140 valence electrons. The molecular weight excluding hydrogens is 373 g/mol. The molecule has 0 aliphatic carbocycles. The lowest BCUT2D eigenvalue weighted by atomic mass is 10.2. The normalized spacial score (nSPS) is 11.7. The van der Waals surface area contributed by atoms with Crippen LogP contribution in [0.15, 0.2) is 34.0 Å². The van der Waals surface area contributed by atoms with Gasteiger partial charge in [0.1, 0.15) is 5.82 Å². The van der Waals surface area contributed by atoms with Crippen LogP contribution in [0.3, 0.4) is 0 Å². The largest absolute Gasteiger partial charge is 0.332 e. The fraction of sp³-hybridized carbons (Fsp3) is 0.278. The number of imidazole rings is 2. The number of halogens is 2. The minimum atomic E-state index is -0.577. The van der Waals surface area contributed by atoms with E-state index in [2.05, 4.69) is 4.98 Å². The Morgan fingerprint density at radius 2 is 1.96 bits per heavy atom. The van der Waals surface area contributed by atoms with Crippen LogP contribution in [0.1, 0.15) is 18.2 Å². The van der Waals surface area contributed by atoms with Gasteiger partial charge in [-0.25, -0.2) is 9.18 Å². The molecule has 0 spiro atoms. The number of aromatic nitrogens is 5. The van der Waals surface area contributed by atoms with Crippen LogP contribution >= 0.6 is 11.6 Å². The fourth-order valence-corrected chi connectivity index (χ4v) is 3.65. The van der Waals surface area contributed by atoms with Crippen LogP contribution in [-0.2, 0) is 20.1 Å². The predicted octanol–water partition coefficient (Wildman–Crippen LogP) is 2.32. The monoisotopic (exact) mass is 389 g/mol. The first-order valence-corrected chi connectivity index (χ1v) is 8.83. The molecule has 1 aromatic carbocycles. The Morgan fingerprint density at radius 1 is 1.22 bits per heavy atom. The maximum absolute atomic E-state index is 14.2. The summed E-state index contributed by atoms with van der Waals surface area (Å²) in [5.74, 6) is 0.0155. The summed E-state index contributed by atoms with van der Waals surface area (Å²) in [5.41, 5.74) is 0.494. The Balaban J connectivity index is 2.06. The number of nitrogens with zero attached hydrogens (tertiary/aromatic N) is 5. The van der Waals surface area contributed by atoms with Crippen LogP contribution in [0.25, 0.3) is 16.9 Å². The summed E-state index contributed by atoms with van der Waals surface area (Å²) in [4.78, 5) is 30.4. The molecule has 0 bridgehead atoms. The van der Waals surface area contributed by atoms with E-state index in [1.54, 1.807) is 17.6 Å². The molecule has 27 heavy (non-hydrogen) atoms. The van der Waals surface area contributed by atoms with Crippen LogP contribution in [-0.4, -0.2) is 23.1 Å². The van der Waals surface area contributed by atoms with E-state index < -0.39 is 17.1 Å². The zero-order chi connectivity index (χ0) is 19.5. The summed E-state index contributed by atoms with van der Waals surface area (Å²) >= 11 is 6.07. The van der Waals surface area contributed by atoms with Gasteiger partial charge in [0.05, 0.1) is 6.54 Å². The fourth-order valence-electron chi connectivity index (χ4n) is 3.43. The predicted molar refractivity (Wildman–Crippen MR) is 101 cm³/mol. The van der Waals surface area contributed by atoms with Gasteiger partial charge in [-0.15, -0.1) is 0 Å². The third-order valence-corrected chi connectivity index (χ3v) is 5.19. The zero-order valence-corrected chi connectivity index (χ0v) is 15.8. The molecule has 0 atom stereocenters. The summed E-state index contributed by atoms with van der Waals surface area (Å²) in [6, 6.07) is 4.24. The summed E-state index contributed by atoms with van der Waals surface area (Å²) in [5, 5.41) is 0.162. The number of benzene rings is 1. The van der Waals surface area contributed by atoms with Crippen molar-refractivity contribution >= 4 is 28.5 Å². The van der Waals surface area contributed by atoms with Crippen molar-refractivity contribution < 1.29 is 4.39 Å². The molecule has 0 radical (unpaired) electrons. The number of hydrogen-bond acceptors (Lipinski definition) is 3. The Hall–Kier alpha value is -2.87. The van der Waals surface area contributed by atoms with Crippen LogP contribution in [0.4, 0.5) is 4.39 Å². The van der Waals surface area contributed by atoms with Gasteiger partial charge < -0.3 is 4.57 Å². The van der Waals surface area contributed by atoms with Crippen molar-refractivity contribution in [1.29, 1.82) is 0 Å². The van der Waals surface area contributed by atoms with Crippen molar-refractivity contribution in [3.05, 3.63) is 67.3 Å². The van der Waals surface area contributed by atoms with E-state index in [0.29, 0.717) is 12.3 Å². The van der Waals surface area contributed by atoms with Gasteiger partial charge in [-0.2, -0.15) is 4.98 Å². The summed E-state index contributed by atoms with van der Waals surface area (Å²) < 4.78 is 20.1. The molecule has 0 N–H and O–H groups in total. The lowest BCUT2D eigenvalue weighted by Gasteiger charge is -2.10. The highest BCUT2D eigenvalue weighted by Gasteiger charge is 2.21. The molecule has 0 amide bonds. The van der Waals surface area contributed by atoms with E-state index in [4.69, 9.17) is 11.6 Å². The van der Waals surface area contributed by atoms with Gasteiger partial charge in [0, 0.05) is 36.1 Å². The van der Waals surface area contributed by atoms with Gasteiger partial charge in [-0.3, -0.25) is 18.3 Å². The second-order valence-electron chi connectivity index (χ2n) is 6.40. The van der Waals surface area contributed by atoms with Gasteiger partial charge in [0.25, 0.3) is 5.56 Å². The van der Waals surface area contributed by atoms with E-state index in [1.165, 1.54) is 22.8 Å². The first-order chi connectivity index (χ1) is 12.8. The molecule has 0 aliphatic rings. The molecular formula is C18H17ClFN5O2. The molecule has 4 rings (SSSR count). The van der Waals surface area contributed by atoms with Crippen molar-refractivity contribution in [2.45, 2.75) is 26.9 Å². The second-order valence-corrected chi connectivity index (χ2v) is 6.81. The molecule has 0 unspecified atom stereocenters. The minimum Gasteiger partial charge on any atom is -0.314 e. The van der Waals surface area contributed by atoms with Gasteiger partial charge in [-0.1, -0.05) is 17.7 Å². The minimum absolute atomic E-state index is 0.0979. The number of hydrogen-bond donors (Lipinski definition) is 0. The highest BCUT2D eigenvalue weighted by atomic mass is 35.5. The lowest BCUT2D eigenvalue weighted by molar-refractivity contribution is 0.582. The van der Waals surface area contributed by atoms with Crippen LogP contribution in [0, 0.1) is 12.7 Å². The highest BCUT2D eigenvalue weighted by Crippen LogP contribution is 2.20. The molecule has 3 heterocycles. The maximum Gasteiger partial charge on any atom is 0.332 e. The van der Waals surface area contributed by atoms with Crippen molar-refractivity contribution in [2.24, 2.45) is 7.05 Å². The molecule has 0 fully saturated rings. The molecule has 7 nitrogen and oxygen atoms in total.